The fraction of sp³-hybridized carbons (Fsp3) is 0.385. The summed E-state index contributed by atoms with van der Waals surface area (Å²) in [6.07, 6.45) is 0. The Kier molecular flexibility index (Phi) is 4.69. The molecule has 0 fully saturated rings. The first-order valence-corrected chi connectivity index (χ1v) is 5.59. The minimum atomic E-state index is -0.502. The summed E-state index contributed by atoms with van der Waals surface area (Å²) in [6, 6.07) is 7.44. The van der Waals surface area contributed by atoms with Gasteiger partial charge < -0.3 is 10.6 Å². The van der Waals surface area contributed by atoms with Crippen molar-refractivity contribution < 1.29 is 9.59 Å². The van der Waals surface area contributed by atoms with Crippen LogP contribution >= 0.6 is 0 Å². The fourth-order valence-corrected chi connectivity index (χ4v) is 1.42. The minimum absolute atomic E-state index is 0.180. The van der Waals surface area contributed by atoms with E-state index in [1.165, 1.54) is 12.5 Å². The topological polar surface area (TPSA) is 58.2 Å². The molecule has 0 heterocycles. The Labute approximate surface area is 101 Å². The number of nitrogens with one attached hydrogen (secondary N) is 2. The van der Waals surface area contributed by atoms with Gasteiger partial charge in [0.15, 0.2) is 0 Å². The van der Waals surface area contributed by atoms with E-state index in [0.29, 0.717) is 6.54 Å². The third-order valence-corrected chi connectivity index (χ3v) is 2.40. The van der Waals surface area contributed by atoms with Crippen molar-refractivity contribution in [3.8, 4) is 0 Å². The van der Waals surface area contributed by atoms with Crippen LogP contribution in [0.5, 0.6) is 0 Å². The predicted molar refractivity (Wildman–Crippen MR) is 66.3 cm³/mol. The average molecular weight is 234 g/mol. The summed E-state index contributed by atoms with van der Waals surface area (Å²) in [5, 5.41) is 5.31. The molecule has 92 valence electrons. The van der Waals surface area contributed by atoms with Gasteiger partial charge in [0, 0.05) is 13.5 Å². The molecule has 0 saturated carbocycles. The maximum absolute atomic E-state index is 11.6. The van der Waals surface area contributed by atoms with Crippen molar-refractivity contribution in [2.24, 2.45) is 0 Å². The normalized spacial score (nSPS) is 11.7. The Bertz CT molecular complexity index is 398. The van der Waals surface area contributed by atoms with Gasteiger partial charge in [0.1, 0.15) is 6.04 Å². The molecule has 4 nitrogen and oxygen atoms in total. The van der Waals surface area contributed by atoms with Crippen molar-refractivity contribution in [1.29, 1.82) is 0 Å². The molecule has 0 saturated heterocycles. The van der Waals surface area contributed by atoms with Crippen LogP contribution in [0.2, 0.25) is 0 Å². The lowest BCUT2D eigenvalue weighted by Gasteiger charge is -2.12. The summed E-state index contributed by atoms with van der Waals surface area (Å²) in [5.74, 6) is -0.385. The van der Waals surface area contributed by atoms with Gasteiger partial charge in [-0.1, -0.05) is 29.8 Å². The highest BCUT2D eigenvalue weighted by atomic mass is 16.2. The molecule has 1 aromatic rings. The quantitative estimate of drug-likeness (QED) is 0.820. The van der Waals surface area contributed by atoms with Crippen LogP contribution in [-0.4, -0.2) is 17.9 Å². The summed E-state index contributed by atoms with van der Waals surface area (Å²) in [7, 11) is 0. The van der Waals surface area contributed by atoms with Gasteiger partial charge in [-0.3, -0.25) is 9.59 Å². The van der Waals surface area contributed by atoms with Crippen LogP contribution < -0.4 is 10.6 Å². The third kappa shape index (κ3) is 4.68. The average Bonchev–Trinajstić information content (AvgIpc) is 2.27. The molecule has 0 aromatic heterocycles. The van der Waals surface area contributed by atoms with Gasteiger partial charge >= 0.3 is 0 Å². The second kappa shape index (κ2) is 6.03. The van der Waals surface area contributed by atoms with E-state index in [9.17, 15) is 9.59 Å². The largest absolute Gasteiger partial charge is 0.350 e. The maximum Gasteiger partial charge on any atom is 0.242 e. The molecular weight excluding hydrogens is 216 g/mol. The molecule has 0 unspecified atom stereocenters. The minimum Gasteiger partial charge on any atom is -0.350 e. The number of aryl methyl sites for hydroxylation is 1. The molecule has 0 aliphatic heterocycles. The predicted octanol–water partition coefficient (Wildman–Crippen LogP) is 1.14. The molecule has 1 atom stereocenters. The number of amides is 2. The molecule has 0 bridgehead atoms. The van der Waals surface area contributed by atoms with E-state index in [2.05, 4.69) is 10.6 Å². The van der Waals surface area contributed by atoms with Crippen LogP contribution in [0.15, 0.2) is 24.3 Å². The highest BCUT2D eigenvalue weighted by Gasteiger charge is 2.12. The van der Waals surface area contributed by atoms with Crippen LogP contribution in [0.4, 0.5) is 0 Å². The fourth-order valence-electron chi connectivity index (χ4n) is 1.42. The van der Waals surface area contributed by atoms with Crippen LogP contribution in [0.25, 0.3) is 0 Å². The number of hydrogen-bond acceptors (Lipinski definition) is 2. The lowest BCUT2D eigenvalue weighted by atomic mass is 10.1. The van der Waals surface area contributed by atoms with Gasteiger partial charge in [-0.05, 0) is 19.4 Å². The molecule has 2 N–H and O–H groups in total. The van der Waals surface area contributed by atoms with E-state index in [-0.39, 0.29) is 11.8 Å². The molecule has 1 aromatic carbocycles. The van der Waals surface area contributed by atoms with E-state index >= 15 is 0 Å². The van der Waals surface area contributed by atoms with Gasteiger partial charge in [-0.25, -0.2) is 0 Å². The maximum atomic E-state index is 11.6. The Balaban J connectivity index is 2.42. The SMILES string of the molecule is CC(=O)N[C@@H](C)C(=O)NCc1ccc(C)cc1. The molecule has 4 heteroatoms. The highest BCUT2D eigenvalue weighted by molar-refractivity contribution is 5.86. The van der Waals surface area contributed by atoms with Gasteiger partial charge in [-0.15, -0.1) is 0 Å². The monoisotopic (exact) mass is 234 g/mol. The van der Waals surface area contributed by atoms with Crippen LogP contribution in [-0.2, 0) is 16.1 Å². The first kappa shape index (κ1) is 13.2. The van der Waals surface area contributed by atoms with E-state index in [1.54, 1.807) is 6.92 Å². The zero-order chi connectivity index (χ0) is 12.8. The summed E-state index contributed by atoms with van der Waals surface area (Å²) >= 11 is 0. The summed E-state index contributed by atoms with van der Waals surface area (Å²) in [5.41, 5.74) is 2.23. The number of benzene rings is 1. The number of carbonyl (C=O) groups is 2. The zero-order valence-corrected chi connectivity index (χ0v) is 10.4. The van der Waals surface area contributed by atoms with Gasteiger partial charge in [0.2, 0.25) is 11.8 Å². The van der Waals surface area contributed by atoms with Crippen LogP contribution in [0.3, 0.4) is 0 Å². The molecule has 1 rings (SSSR count). The highest BCUT2D eigenvalue weighted by Crippen LogP contribution is 2.02. The second-order valence-corrected chi connectivity index (χ2v) is 4.13. The second-order valence-electron chi connectivity index (χ2n) is 4.13. The van der Waals surface area contributed by atoms with Crippen molar-refractivity contribution in [2.45, 2.75) is 33.4 Å². The lowest BCUT2D eigenvalue weighted by molar-refractivity contribution is -0.127. The Hall–Kier alpha value is -1.84. The summed E-state index contributed by atoms with van der Waals surface area (Å²) in [6.45, 7) is 5.54. The van der Waals surface area contributed by atoms with E-state index in [0.717, 1.165) is 5.56 Å². The third-order valence-electron chi connectivity index (χ3n) is 2.40. The van der Waals surface area contributed by atoms with Crippen molar-refractivity contribution in [2.75, 3.05) is 0 Å². The van der Waals surface area contributed by atoms with Crippen LogP contribution in [0.1, 0.15) is 25.0 Å². The van der Waals surface area contributed by atoms with Crippen molar-refractivity contribution in [3.63, 3.8) is 0 Å². The summed E-state index contributed by atoms with van der Waals surface area (Å²) in [4.78, 5) is 22.4. The number of rotatable bonds is 4. The first-order valence-electron chi connectivity index (χ1n) is 5.59. The molecule has 0 aliphatic rings. The summed E-state index contributed by atoms with van der Waals surface area (Å²) < 4.78 is 0. The van der Waals surface area contributed by atoms with E-state index in [1.807, 2.05) is 31.2 Å². The van der Waals surface area contributed by atoms with Crippen molar-refractivity contribution in [3.05, 3.63) is 35.4 Å². The molecular formula is C13H18N2O2. The van der Waals surface area contributed by atoms with Crippen molar-refractivity contribution >= 4 is 11.8 Å². The zero-order valence-electron chi connectivity index (χ0n) is 10.4. The standard InChI is InChI=1S/C13H18N2O2/c1-9-4-6-12(7-5-9)8-14-13(17)10(2)15-11(3)16/h4-7,10H,8H2,1-3H3,(H,14,17)(H,15,16)/t10-/m0/s1. The number of hydrogen-bond donors (Lipinski definition) is 2. The molecule has 0 aliphatic carbocycles. The molecule has 2 amide bonds. The van der Waals surface area contributed by atoms with E-state index < -0.39 is 6.04 Å². The van der Waals surface area contributed by atoms with Gasteiger partial charge in [0.25, 0.3) is 0 Å². The molecule has 0 radical (unpaired) electrons. The Morgan fingerprint density at radius 1 is 1.24 bits per heavy atom. The Morgan fingerprint density at radius 2 is 1.82 bits per heavy atom. The molecule has 0 spiro atoms. The van der Waals surface area contributed by atoms with Gasteiger partial charge in [0.05, 0.1) is 0 Å². The van der Waals surface area contributed by atoms with Crippen LogP contribution in [0, 0.1) is 6.92 Å². The van der Waals surface area contributed by atoms with E-state index in [4.69, 9.17) is 0 Å². The number of carbonyl (C=O) groups excluding carboxylic acids is 2. The van der Waals surface area contributed by atoms with Gasteiger partial charge in [-0.2, -0.15) is 0 Å². The van der Waals surface area contributed by atoms with Crippen molar-refractivity contribution in [1.82, 2.24) is 10.6 Å². The first-order chi connectivity index (χ1) is 7.99. The Morgan fingerprint density at radius 3 is 2.35 bits per heavy atom. The molecule has 17 heavy (non-hydrogen) atoms. The lowest BCUT2D eigenvalue weighted by Crippen LogP contribution is -2.43. The smallest absolute Gasteiger partial charge is 0.242 e.